The molecule has 19 heavy (non-hydrogen) atoms. The number of carboxylic acid groups (broad SMARTS) is 1. The maximum absolute atomic E-state index is 12.9. The van der Waals surface area contributed by atoms with Gasteiger partial charge in [0.25, 0.3) is 0 Å². The lowest BCUT2D eigenvalue weighted by atomic mass is 10.1. The number of carbonyl (C=O) groups is 2. The second-order valence-corrected chi connectivity index (χ2v) is 4.52. The largest absolute Gasteiger partial charge is 0.480 e. The molecule has 2 amide bonds. The lowest BCUT2D eigenvalue weighted by Gasteiger charge is -2.18. The van der Waals surface area contributed by atoms with Gasteiger partial charge in [-0.15, -0.1) is 0 Å². The number of hydrogen-bond acceptors (Lipinski definition) is 2. The van der Waals surface area contributed by atoms with Gasteiger partial charge in [-0.05, 0) is 23.6 Å². The smallest absolute Gasteiger partial charge is 0.326 e. The third-order valence-corrected chi connectivity index (χ3v) is 2.56. The van der Waals surface area contributed by atoms with Gasteiger partial charge in [0.05, 0.1) is 0 Å². The summed E-state index contributed by atoms with van der Waals surface area (Å²) in [4.78, 5) is 22.4. The Morgan fingerprint density at radius 2 is 2.05 bits per heavy atom. The van der Waals surface area contributed by atoms with E-state index < -0.39 is 18.0 Å². The Balaban J connectivity index is 2.49. The van der Waals surface area contributed by atoms with Gasteiger partial charge in [0, 0.05) is 6.54 Å². The number of halogens is 1. The van der Waals surface area contributed by atoms with E-state index in [1.165, 1.54) is 12.1 Å². The van der Waals surface area contributed by atoms with E-state index in [-0.39, 0.29) is 18.3 Å². The van der Waals surface area contributed by atoms with Gasteiger partial charge in [-0.25, -0.2) is 14.0 Å². The maximum Gasteiger partial charge on any atom is 0.326 e. The van der Waals surface area contributed by atoms with Crippen molar-refractivity contribution in [2.24, 2.45) is 5.92 Å². The Morgan fingerprint density at radius 3 is 2.58 bits per heavy atom. The SMILES string of the molecule is CC(C)[C@H](NC(=O)NCc1cccc(F)c1)C(=O)O. The van der Waals surface area contributed by atoms with Crippen molar-refractivity contribution in [1.29, 1.82) is 0 Å². The molecule has 3 N–H and O–H groups in total. The highest BCUT2D eigenvalue weighted by Crippen LogP contribution is 2.04. The summed E-state index contributed by atoms with van der Waals surface area (Å²) < 4.78 is 12.9. The van der Waals surface area contributed by atoms with Gasteiger partial charge >= 0.3 is 12.0 Å². The number of aliphatic carboxylic acids is 1. The van der Waals surface area contributed by atoms with Crippen molar-refractivity contribution in [2.45, 2.75) is 26.4 Å². The number of carboxylic acids is 1. The molecule has 0 radical (unpaired) electrons. The van der Waals surface area contributed by atoms with Crippen molar-refractivity contribution in [3.63, 3.8) is 0 Å². The minimum absolute atomic E-state index is 0.133. The molecule has 0 aromatic heterocycles. The molecular formula is C13H17FN2O3. The lowest BCUT2D eigenvalue weighted by molar-refractivity contribution is -0.140. The molecule has 0 aliphatic carbocycles. The van der Waals surface area contributed by atoms with Gasteiger partial charge in [-0.2, -0.15) is 0 Å². The van der Waals surface area contributed by atoms with Gasteiger partial charge in [0.15, 0.2) is 0 Å². The molecule has 104 valence electrons. The lowest BCUT2D eigenvalue weighted by Crippen LogP contribution is -2.48. The minimum Gasteiger partial charge on any atom is -0.480 e. The molecule has 5 nitrogen and oxygen atoms in total. The van der Waals surface area contributed by atoms with Crippen molar-refractivity contribution >= 4 is 12.0 Å². The zero-order chi connectivity index (χ0) is 14.4. The van der Waals surface area contributed by atoms with Gasteiger partial charge in [-0.3, -0.25) is 0 Å². The Bertz CT molecular complexity index is 463. The van der Waals surface area contributed by atoms with Crippen molar-refractivity contribution in [2.75, 3.05) is 0 Å². The van der Waals surface area contributed by atoms with Crippen LogP contribution in [0.5, 0.6) is 0 Å². The third kappa shape index (κ3) is 4.95. The summed E-state index contributed by atoms with van der Waals surface area (Å²) in [6.45, 7) is 3.53. The predicted molar refractivity (Wildman–Crippen MR) is 68.0 cm³/mol. The molecule has 1 aromatic carbocycles. The first-order valence-corrected chi connectivity index (χ1v) is 5.91. The van der Waals surface area contributed by atoms with Crippen molar-refractivity contribution < 1.29 is 19.1 Å². The number of benzene rings is 1. The van der Waals surface area contributed by atoms with Crippen LogP contribution in [0.2, 0.25) is 0 Å². The summed E-state index contributed by atoms with van der Waals surface area (Å²) in [6, 6.07) is 4.27. The van der Waals surface area contributed by atoms with Crippen LogP contribution in [-0.4, -0.2) is 23.1 Å². The number of amides is 2. The Hall–Kier alpha value is -2.11. The van der Waals surface area contributed by atoms with Gasteiger partial charge in [0.1, 0.15) is 11.9 Å². The average Bonchev–Trinajstić information content (AvgIpc) is 2.32. The van der Waals surface area contributed by atoms with Crippen LogP contribution in [-0.2, 0) is 11.3 Å². The van der Waals surface area contributed by atoms with E-state index in [0.29, 0.717) is 5.56 Å². The molecule has 0 bridgehead atoms. The standard InChI is InChI=1S/C13H17FN2O3/c1-8(2)11(12(17)18)16-13(19)15-7-9-4-3-5-10(14)6-9/h3-6,8,11H,7H2,1-2H3,(H,17,18)(H2,15,16,19)/t11-/m0/s1. The van der Waals surface area contributed by atoms with Crippen molar-refractivity contribution in [1.82, 2.24) is 10.6 Å². The van der Waals surface area contributed by atoms with Crippen LogP contribution in [0.3, 0.4) is 0 Å². The molecule has 6 heteroatoms. The van der Waals surface area contributed by atoms with Gasteiger partial charge in [-0.1, -0.05) is 26.0 Å². The normalized spacial score (nSPS) is 12.0. The first-order valence-electron chi connectivity index (χ1n) is 5.91. The van der Waals surface area contributed by atoms with Gasteiger partial charge < -0.3 is 15.7 Å². The summed E-state index contributed by atoms with van der Waals surface area (Å²) in [5.74, 6) is -1.70. The molecule has 0 unspecified atom stereocenters. The number of hydrogen-bond donors (Lipinski definition) is 3. The molecule has 0 aliphatic rings. The fourth-order valence-corrected chi connectivity index (χ4v) is 1.54. The van der Waals surface area contributed by atoms with Crippen LogP contribution in [0.25, 0.3) is 0 Å². The van der Waals surface area contributed by atoms with Crippen LogP contribution < -0.4 is 10.6 Å². The molecule has 1 aromatic rings. The van der Waals surface area contributed by atoms with Gasteiger partial charge in [0.2, 0.25) is 0 Å². The molecule has 1 atom stereocenters. The van der Waals surface area contributed by atoms with E-state index in [2.05, 4.69) is 10.6 Å². The second-order valence-electron chi connectivity index (χ2n) is 4.52. The molecule has 0 heterocycles. The Labute approximate surface area is 110 Å². The summed E-state index contributed by atoms with van der Waals surface area (Å²) in [6.07, 6.45) is 0. The molecular weight excluding hydrogens is 251 g/mol. The molecule has 1 rings (SSSR count). The predicted octanol–water partition coefficient (Wildman–Crippen LogP) is 1.73. The molecule has 0 spiro atoms. The first kappa shape index (κ1) is 14.9. The van der Waals surface area contributed by atoms with Crippen LogP contribution >= 0.6 is 0 Å². The average molecular weight is 268 g/mol. The summed E-state index contributed by atoms with van der Waals surface area (Å²) in [5, 5.41) is 13.8. The van der Waals surface area contributed by atoms with Crippen LogP contribution in [0.4, 0.5) is 9.18 Å². The van der Waals surface area contributed by atoms with E-state index in [1.807, 2.05) is 0 Å². The highest BCUT2D eigenvalue weighted by atomic mass is 19.1. The Kier molecular flexibility index (Phi) is 5.29. The van der Waals surface area contributed by atoms with E-state index in [9.17, 15) is 14.0 Å². The summed E-state index contributed by atoms with van der Waals surface area (Å²) in [5.41, 5.74) is 0.603. The van der Waals surface area contributed by atoms with E-state index in [0.717, 1.165) is 0 Å². The van der Waals surface area contributed by atoms with Crippen molar-refractivity contribution in [3.05, 3.63) is 35.6 Å². The van der Waals surface area contributed by atoms with Crippen LogP contribution in [0.1, 0.15) is 19.4 Å². The minimum atomic E-state index is -1.09. The first-order chi connectivity index (χ1) is 8.90. The quantitative estimate of drug-likeness (QED) is 0.761. The fraction of sp³-hybridized carbons (Fsp3) is 0.385. The van der Waals surface area contributed by atoms with E-state index in [4.69, 9.17) is 5.11 Å². The number of rotatable bonds is 5. The van der Waals surface area contributed by atoms with E-state index >= 15 is 0 Å². The maximum atomic E-state index is 12.9. The molecule has 0 aliphatic heterocycles. The number of urea groups is 1. The number of nitrogens with one attached hydrogen (secondary N) is 2. The molecule has 0 saturated carbocycles. The summed E-state index contributed by atoms with van der Waals surface area (Å²) >= 11 is 0. The van der Waals surface area contributed by atoms with Crippen molar-refractivity contribution in [3.8, 4) is 0 Å². The highest BCUT2D eigenvalue weighted by molar-refractivity contribution is 5.82. The zero-order valence-corrected chi connectivity index (χ0v) is 10.8. The highest BCUT2D eigenvalue weighted by Gasteiger charge is 2.23. The third-order valence-electron chi connectivity index (χ3n) is 2.56. The van der Waals surface area contributed by atoms with E-state index in [1.54, 1.807) is 26.0 Å². The van der Waals surface area contributed by atoms with Crippen LogP contribution in [0.15, 0.2) is 24.3 Å². The second kappa shape index (κ2) is 6.72. The molecule has 0 saturated heterocycles. The zero-order valence-electron chi connectivity index (χ0n) is 10.8. The monoisotopic (exact) mass is 268 g/mol. The fourth-order valence-electron chi connectivity index (χ4n) is 1.54. The summed E-state index contributed by atoms with van der Waals surface area (Å²) in [7, 11) is 0. The Morgan fingerprint density at radius 1 is 1.37 bits per heavy atom. The topological polar surface area (TPSA) is 78.4 Å². The number of carbonyl (C=O) groups excluding carboxylic acids is 1. The molecule has 0 fully saturated rings. The van der Waals surface area contributed by atoms with Crippen LogP contribution in [0, 0.1) is 11.7 Å².